The highest BCUT2D eigenvalue weighted by molar-refractivity contribution is 5.42. The summed E-state index contributed by atoms with van der Waals surface area (Å²) in [7, 11) is 1.70. The quantitative estimate of drug-likeness (QED) is 0.748. The maximum atomic E-state index is 5.83. The Kier molecular flexibility index (Phi) is 5.72. The molecule has 0 aromatic heterocycles. The van der Waals surface area contributed by atoms with E-state index in [1.807, 2.05) is 6.07 Å². The zero-order chi connectivity index (χ0) is 14.4. The molecule has 0 aliphatic heterocycles. The summed E-state index contributed by atoms with van der Waals surface area (Å²) in [6.45, 7) is 7.12. The Balaban J connectivity index is 1.85. The van der Waals surface area contributed by atoms with Gasteiger partial charge < -0.3 is 14.8 Å². The van der Waals surface area contributed by atoms with Gasteiger partial charge >= 0.3 is 0 Å². The van der Waals surface area contributed by atoms with Gasteiger partial charge in [0.2, 0.25) is 0 Å². The minimum Gasteiger partial charge on any atom is -0.493 e. The van der Waals surface area contributed by atoms with Crippen molar-refractivity contribution in [3.63, 3.8) is 0 Å². The van der Waals surface area contributed by atoms with Gasteiger partial charge in [-0.05, 0) is 42.5 Å². The van der Waals surface area contributed by atoms with Crippen LogP contribution in [-0.4, -0.2) is 20.3 Å². The van der Waals surface area contributed by atoms with Crippen molar-refractivity contribution >= 4 is 0 Å². The van der Waals surface area contributed by atoms with Crippen LogP contribution in [0.3, 0.4) is 0 Å². The Hall–Kier alpha value is -1.22. The Morgan fingerprint density at radius 3 is 2.70 bits per heavy atom. The molecule has 1 saturated carbocycles. The van der Waals surface area contributed by atoms with Gasteiger partial charge in [-0.1, -0.05) is 32.8 Å². The van der Waals surface area contributed by atoms with Gasteiger partial charge in [-0.15, -0.1) is 0 Å². The van der Waals surface area contributed by atoms with E-state index in [-0.39, 0.29) is 0 Å². The van der Waals surface area contributed by atoms with Crippen molar-refractivity contribution in [1.29, 1.82) is 0 Å². The van der Waals surface area contributed by atoms with Gasteiger partial charge in [0.25, 0.3) is 0 Å². The number of ether oxygens (including phenoxy) is 2. The number of hydrogen-bond acceptors (Lipinski definition) is 3. The second kappa shape index (κ2) is 7.53. The van der Waals surface area contributed by atoms with Crippen molar-refractivity contribution in [3.8, 4) is 11.5 Å². The number of methoxy groups -OCH3 is 1. The summed E-state index contributed by atoms with van der Waals surface area (Å²) in [6.07, 6.45) is 3.92. The topological polar surface area (TPSA) is 30.5 Å². The lowest BCUT2D eigenvalue weighted by molar-refractivity contribution is 0.282. The molecule has 1 aliphatic rings. The monoisotopic (exact) mass is 277 g/mol. The molecule has 0 bridgehead atoms. The average molecular weight is 277 g/mol. The summed E-state index contributed by atoms with van der Waals surface area (Å²) in [5.74, 6) is 3.27. The summed E-state index contributed by atoms with van der Waals surface area (Å²) in [5, 5.41) is 3.44. The second-order valence-electron chi connectivity index (χ2n) is 6.09. The molecule has 0 spiro atoms. The highest BCUT2D eigenvalue weighted by Crippen LogP contribution is 2.33. The Labute approximate surface area is 122 Å². The fourth-order valence-corrected chi connectivity index (χ4v) is 2.19. The first-order valence-corrected chi connectivity index (χ1v) is 7.69. The highest BCUT2D eigenvalue weighted by atomic mass is 16.5. The van der Waals surface area contributed by atoms with Crippen LogP contribution in [0.2, 0.25) is 0 Å². The summed E-state index contributed by atoms with van der Waals surface area (Å²) in [5.41, 5.74) is 1.23. The SMILES string of the molecule is COc1cc(CNCC(C)C)ccc1OCCC1CC1. The molecule has 1 N–H and O–H groups in total. The minimum absolute atomic E-state index is 0.668. The third kappa shape index (κ3) is 5.04. The van der Waals surface area contributed by atoms with Gasteiger partial charge in [0.1, 0.15) is 0 Å². The van der Waals surface area contributed by atoms with Crippen LogP contribution in [0.1, 0.15) is 38.7 Å². The number of hydrogen-bond donors (Lipinski definition) is 1. The third-order valence-corrected chi connectivity index (χ3v) is 3.59. The van der Waals surface area contributed by atoms with Crippen LogP contribution in [0.25, 0.3) is 0 Å². The van der Waals surface area contributed by atoms with Crippen molar-refractivity contribution in [2.75, 3.05) is 20.3 Å². The maximum Gasteiger partial charge on any atom is 0.161 e. The lowest BCUT2D eigenvalue weighted by Crippen LogP contribution is -2.18. The molecule has 0 amide bonds. The van der Waals surface area contributed by atoms with Crippen LogP contribution in [0.15, 0.2) is 18.2 Å². The van der Waals surface area contributed by atoms with E-state index in [0.29, 0.717) is 5.92 Å². The van der Waals surface area contributed by atoms with Gasteiger partial charge in [-0.2, -0.15) is 0 Å². The summed E-state index contributed by atoms with van der Waals surface area (Å²) < 4.78 is 11.3. The Morgan fingerprint density at radius 1 is 1.25 bits per heavy atom. The van der Waals surface area contributed by atoms with Crippen molar-refractivity contribution in [3.05, 3.63) is 23.8 Å². The van der Waals surface area contributed by atoms with E-state index in [0.717, 1.165) is 37.1 Å². The van der Waals surface area contributed by atoms with Crippen molar-refractivity contribution < 1.29 is 9.47 Å². The van der Waals surface area contributed by atoms with Gasteiger partial charge in [0, 0.05) is 6.54 Å². The molecule has 0 heterocycles. The van der Waals surface area contributed by atoms with Crippen LogP contribution >= 0.6 is 0 Å². The molecule has 0 unspecified atom stereocenters. The van der Waals surface area contributed by atoms with E-state index < -0.39 is 0 Å². The first-order chi connectivity index (χ1) is 9.69. The van der Waals surface area contributed by atoms with E-state index in [4.69, 9.17) is 9.47 Å². The fraction of sp³-hybridized carbons (Fsp3) is 0.647. The summed E-state index contributed by atoms with van der Waals surface area (Å²) in [6, 6.07) is 6.21. The molecule has 0 radical (unpaired) electrons. The second-order valence-corrected chi connectivity index (χ2v) is 6.09. The van der Waals surface area contributed by atoms with Gasteiger partial charge in [0.15, 0.2) is 11.5 Å². The fourth-order valence-electron chi connectivity index (χ4n) is 2.19. The molecule has 1 fully saturated rings. The van der Waals surface area contributed by atoms with Crippen LogP contribution in [0.4, 0.5) is 0 Å². The molecular weight excluding hydrogens is 250 g/mol. The van der Waals surface area contributed by atoms with E-state index in [2.05, 4.69) is 31.3 Å². The lowest BCUT2D eigenvalue weighted by Gasteiger charge is -2.13. The Morgan fingerprint density at radius 2 is 2.05 bits per heavy atom. The minimum atomic E-state index is 0.668. The van der Waals surface area contributed by atoms with Crippen molar-refractivity contribution in [2.24, 2.45) is 11.8 Å². The molecule has 0 saturated heterocycles. The summed E-state index contributed by atoms with van der Waals surface area (Å²) in [4.78, 5) is 0. The van der Waals surface area contributed by atoms with Gasteiger partial charge in [-0.25, -0.2) is 0 Å². The molecule has 0 atom stereocenters. The van der Waals surface area contributed by atoms with E-state index in [1.54, 1.807) is 7.11 Å². The van der Waals surface area contributed by atoms with Gasteiger partial charge in [-0.3, -0.25) is 0 Å². The Bertz CT molecular complexity index is 413. The molecule has 1 aromatic carbocycles. The average Bonchev–Trinajstić information content (AvgIpc) is 3.23. The van der Waals surface area contributed by atoms with Crippen LogP contribution in [0.5, 0.6) is 11.5 Å². The lowest BCUT2D eigenvalue weighted by atomic mass is 10.2. The molecule has 112 valence electrons. The first kappa shape index (κ1) is 15.2. The smallest absolute Gasteiger partial charge is 0.161 e. The number of nitrogens with one attached hydrogen (secondary N) is 1. The normalized spacial score (nSPS) is 14.6. The predicted molar refractivity (Wildman–Crippen MR) is 82.4 cm³/mol. The predicted octanol–water partition coefficient (Wildman–Crippen LogP) is 3.62. The number of rotatable bonds is 9. The highest BCUT2D eigenvalue weighted by Gasteiger charge is 2.20. The van der Waals surface area contributed by atoms with Crippen LogP contribution in [0, 0.1) is 11.8 Å². The van der Waals surface area contributed by atoms with Crippen LogP contribution in [-0.2, 0) is 6.54 Å². The summed E-state index contributed by atoms with van der Waals surface area (Å²) >= 11 is 0. The van der Waals surface area contributed by atoms with Gasteiger partial charge in [0.05, 0.1) is 13.7 Å². The van der Waals surface area contributed by atoms with E-state index >= 15 is 0 Å². The van der Waals surface area contributed by atoms with Crippen molar-refractivity contribution in [2.45, 2.75) is 39.7 Å². The molecule has 20 heavy (non-hydrogen) atoms. The maximum absolute atomic E-state index is 5.83. The largest absolute Gasteiger partial charge is 0.493 e. The molecule has 1 aromatic rings. The van der Waals surface area contributed by atoms with Crippen LogP contribution < -0.4 is 14.8 Å². The number of benzene rings is 1. The molecular formula is C17H27NO2. The molecule has 2 rings (SSSR count). The zero-order valence-electron chi connectivity index (χ0n) is 12.9. The molecule has 3 heteroatoms. The van der Waals surface area contributed by atoms with Crippen molar-refractivity contribution in [1.82, 2.24) is 5.32 Å². The van der Waals surface area contributed by atoms with E-state index in [9.17, 15) is 0 Å². The molecule has 1 aliphatic carbocycles. The molecule has 3 nitrogen and oxygen atoms in total. The first-order valence-electron chi connectivity index (χ1n) is 7.69. The third-order valence-electron chi connectivity index (χ3n) is 3.59. The van der Waals surface area contributed by atoms with E-state index in [1.165, 1.54) is 24.8 Å². The standard InChI is InChI=1S/C17H27NO2/c1-13(2)11-18-12-15-6-7-16(17(10-15)19-3)20-9-8-14-4-5-14/h6-7,10,13-14,18H,4-5,8-9,11-12H2,1-3H3. The zero-order valence-corrected chi connectivity index (χ0v) is 12.9.